The third-order valence-electron chi connectivity index (χ3n) is 6.60. The summed E-state index contributed by atoms with van der Waals surface area (Å²) in [5.74, 6) is -0.623. The maximum Gasteiger partial charge on any atom is 0.336 e. The lowest BCUT2D eigenvalue weighted by molar-refractivity contribution is -0.136. The Bertz CT molecular complexity index is 1830. The van der Waals surface area contributed by atoms with E-state index in [1.807, 2.05) is 67.6 Å². The lowest BCUT2D eigenvalue weighted by atomic mass is 10.00. The van der Waals surface area contributed by atoms with E-state index in [2.05, 4.69) is 4.72 Å². The molecule has 0 spiro atoms. The van der Waals surface area contributed by atoms with Gasteiger partial charge in [0.1, 0.15) is 17.4 Å². The van der Waals surface area contributed by atoms with Crippen molar-refractivity contribution in [1.82, 2.24) is 4.72 Å². The van der Waals surface area contributed by atoms with Crippen LogP contribution in [0.15, 0.2) is 117 Å². The number of ether oxygens (including phenoxy) is 1. The molecule has 0 bridgehead atoms. The summed E-state index contributed by atoms with van der Waals surface area (Å²) in [6.45, 7) is 3.54. The van der Waals surface area contributed by atoms with E-state index in [0.717, 1.165) is 16.7 Å². The highest BCUT2D eigenvalue weighted by atomic mass is 32.2. The SMILES string of the molecule is Cc1ccc(S(=O)(=O)N[C@@H](Cc2ccccc2)C(=O)Oc2ccc3c(-c4ccccc4)cc(=O)oc3c2C)cc1. The first-order chi connectivity index (χ1) is 19.2. The molecule has 0 amide bonds. The number of fused-ring (bicyclic) bond motifs is 1. The Morgan fingerprint density at radius 1 is 0.875 bits per heavy atom. The molecule has 0 saturated carbocycles. The van der Waals surface area contributed by atoms with Crippen LogP contribution < -0.4 is 15.1 Å². The summed E-state index contributed by atoms with van der Waals surface area (Å²) in [6.07, 6.45) is 0.0740. The van der Waals surface area contributed by atoms with E-state index in [-0.39, 0.29) is 22.6 Å². The smallest absolute Gasteiger partial charge is 0.336 e. The maximum absolute atomic E-state index is 13.5. The Morgan fingerprint density at radius 3 is 2.20 bits per heavy atom. The first kappa shape index (κ1) is 27.1. The molecule has 0 unspecified atom stereocenters. The molecule has 40 heavy (non-hydrogen) atoms. The summed E-state index contributed by atoms with van der Waals surface area (Å²) in [6, 6.07) is 28.4. The van der Waals surface area contributed by atoms with Crippen LogP contribution in [-0.4, -0.2) is 20.4 Å². The van der Waals surface area contributed by atoms with E-state index in [1.165, 1.54) is 18.2 Å². The molecule has 1 N–H and O–H groups in total. The Labute approximate surface area is 232 Å². The number of carbonyl (C=O) groups is 1. The second-order valence-corrected chi connectivity index (χ2v) is 11.2. The number of nitrogens with one attached hydrogen (secondary N) is 1. The largest absolute Gasteiger partial charge is 0.425 e. The van der Waals surface area contributed by atoms with Crippen molar-refractivity contribution in [3.63, 3.8) is 0 Å². The van der Waals surface area contributed by atoms with Gasteiger partial charge in [0.2, 0.25) is 10.0 Å². The molecule has 0 aliphatic carbocycles. The standard InChI is InChI=1S/C32H27NO6S/c1-21-13-15-25(16-14-21)40(36,37)33-28(19-23-9-5-3-6-10-23)32(35)38-29-18-17-26-27(24-11-7-4-8-12-24)20-30(34)39-31(26)22(29)2/h3-18,20,28,33H,19H2,1-2H3/t28-/m0/s1. The van der Waals surface area contributed by atoms with E-state index >= 15 is 0 Å². The summed E-state index contributed by atoms with van der Waals surface area (Å²) in [7, 11) is -4.03. The average Bonchev–Trinajstić information content (AvgIpc) is 2.95. The van der Waals surface area contributed by atoms with Gasteiger partial charge in [0.05, 0.1) is 4.90 Å². The molecule has 0 saturated heterocycles. The molecular formula is C32H27NO6S. The average molecular weight is 554 g/mol. The number of hydrogen-bond acceptors (Lipinski definition) is 6. The van der Waals surface area contributed by atoms with Crippen molar-refractivity contribution in [2.24, 2.45) is 0 Å². The molecular weight excluding hydrogens is 526 g/mol. The minimum Gasteiger partial charge on any atom is -0.425 e. The van der Waals surface area contributed by atoms with Crippen molar-refractivity contribution in [1.29, 1.82) is 0 Å². The van der Waals surface area contributed by atoms with Crippen LogP contribution in [0.1, 0.15) is 16.7 Å². The molecule has 0 fully saturated rings. The zero-order valence-electron chi connectivity index (χ0n) is 22.0. The van der Waals surface area contributed by atoms with E-state index in [1.54, 1.807) is 31.2 Å². The van der Waals surface area contributed by atoms with Crippen LogP contribution in [-0.2, 0) is 21.2 Å². The zero-order valence-corrected chi connectivity index (χ0v) is 22.8. The summed E-state index contributed by atoms with van der Waals surface area (Å²) in [5.41, 5.74) is 3.40. The molecule has 1 atom stereocenters. The van der Waals surface area contributed by atoms with Gasteiger partial charge in [-0.25, -0.2) is 18.0 Å². The van der Waals surface area contributed by atoms with Crippen LogP contribution in [0.5, 0.6) is 5.75 Å². The van der Waals surface area contributed by atoms with Crippen molar-refractivity contribution in [3.8, 4) is 16.9 Å². The van der Waals surface area contributed by atoms with Crippen molar-refractivity contribution in [2.75, 3.05) is 0 Å². The van der Waals surface area contributed by atoms with Crippen LogP contribution >= 0.6 is 0 Å². The summed E-state index contributed by atoms with van der Waals surface area (Å²) in [5, 5.41) is 0.684. The molecule has 8 heteroatoms. The maximum atomic E-state index is 13.5. The van der Waals surface area contributed by atoms with E-state index in [9.17, 15) is 18.0 Å². The molecule has 5 rings (SSSR count). The monoisotopic (exact) mass is 553 g/mol. The Morgan fingerprint density at radius 2 is 1.52 bits per heavy atom. The van der Waals surface area contributed by atoms with Gasteiger partial charge in [-0.3, -0.25) is 0 Å². The quantitative estimate of drug-likeness (QED) is 0.153. The van der Waals surface area contributed by atoms with Crippen molar-refractivity contribution in [3.05, 3.63) is 130 Å². The van der Waals surface area contributed by atoms with Gasteiger partial charge in [0.15, 0.2) is 0 Å². The van der Waals surface area contributed by atoms with Gasteiger partial charge in [-0.15, -0.1) is 0 Å². The highest BCUT2D eigenvalue weighted by Gasteiger charge is 2.28. The highest BCUT2D eigenvalue weighted by molar-refractivity contribution is 7.89. The zero-order chi connectivity index (χ0) is 28.3. The summed E-state index contributed by atoms with van der Waals surface area (Å²) >= 11 is 0. The van der Waals surface area contributed by atoms with E-state index in [0.29, 0.717) is 16.5 Å². The molecule has 1 aromatic heterocycles. The lowest BCUT2D eigenvalue weighted by Crippen LogP contribution is -2.44. The minimum atomic E-state index is -4.03. The Balaban J connectivity index is 1.49. The number of rotatable bonds is 8. The lowest BCUT2D eigenvalue weighted by Gasteiger charge is -2.19. The summed E-state index contributed by atoms with van der Waals surface area (Å²) < 4.78 is 40.2. The molecule has 0 radical (unpaired) electrons. The number of carbonyl (C=O) groups excluding carboxylic acids is 1. The first-order valence-electron chi connectivity index (χ1n) is 12.7. The van der Waals surface area contributed by atoms with Crippen molar-refractivity contribution < 1.29 is 22.4 Å². The highest BCUT2D eigenvalue weighted by Crippen LogP contribution is 2.33. The van der Waals surface area contributed by atoms with Gasteiger partial charge in [-0.05, 0) is 61.2 Å². The molecule has 1 heterocycles. The van der Waals surface area contributed by atoms with Crippen LogP contribution in [0.3, 0.4) is 0 Å². The van der Waals surface area contributed by atoms with Crippen LogP contribution in [0.25, 0.3) is 22.1 Å². The third kappa shape index (κ3) is 5.88. The fraction of sp³-hybridized carbons (Fsp3) is 0.125. The predicted molar refractivity (Wildman–Crippen MR) is 154 cm³/mol. The molecule has 4 aromatic carbocycles. The van der Waals surface area contributed by atoms with Gasteiger partial charge in [0, 0.05) is 17.0 Å². The van der Waals surface area contributed by atoms with E-state index < -0.39 is 27.7 Å². The molecule has 0 aliphatic heterocycles. The fourth-order valence-corrected chi connectivity index (χ4v) is 5.67. The van der Waals surface area contributed by atoms with Gasteiger partial charge in [-0.1, -0.05) is 78.4 Å². The topological polar surface area (TPSA) is 103 Å². The van der Waals surface area contributed by atoms with E-state index in [4.69, 9.17) is 9.15 Å². The van der Waals surface area contributed by atoms with Crippen LogP contribution in [0.4, 0.5) is 0 Å². The number of esters is 1. The van der Waals surface area contributed by atoms with Gasteiger partial charge in [-0.2, -0.15) is 4.72 Å². The summed E-state index contributed by atoms with van der Waals surface area (Å²) in [4.78, 5) is 26.0. The predicted octanol–water partition coefficient (Wildman–Crippen LogP) is 5.57. The van der Waals surface area contributed by atoms with Crippen molar-refractivity contribution in [2.45, 2.75) is 31.2 Å². The number of aryl methyl sites for hydroxylation is 2. The number of hydrogen-bond donors (Lipinski definition) is 1. The van der Waals surface area contributed by atoms with Crippen LogP contribution in [0.2, 0.25) is 0 Å². The van der Waals surface area contributed by atoms with Crippen molar-refractivity contribution >= 4 is 27.0 Å². The molecule has 0 aliphatic rings. The van der Waals surface area contributed by atoms with Gasteiger partial charge < -0.3 is 9.15 Å². The van der Waals surface area contributed by atoms with Gasteiger partial charge >= 0.3 is 11.6 Å². The van der Waals surface area contributed by atoms with Crippen LogP contribution in [0, 0.1) is 13.8 Å². The van der Waals surface area contributed by atoms with Gasteiger partial charge in [0.25, 0.3) is 0 Å². The number of benzene rings is 4. The second-order valence-electron chi connectivity index (χ2n) is 9.51. The Hall–Kier alpha value is -4.53. The normalized spacial score (nSPS) is 12.2. The fourth-order valence-electron chi connectivity index (χ4n) is 4.49. The third-order valence-corrected chi connectivity index (χ3v) is 8.09. The Kier molecular flexibility index (Phi) is 7.64. The molecule has 5 aromatic rings. The first-order valence-corrected chi connectivity index (χ1v) is 14.2. The number of sulfonamides is 1. The molecule has 202 valence electrons. The minimum absolute atomic E-state index is 0.0427. The molecule has 7 nitrogen and oxygen atoms in total. The second kappa shape index (κ2) is 11.3.